The summed E-state index contributed by atoms with van der Waals surface area (Å²) in [6, 6.07) is 10.3. The van der Waals surface area contributed by atoms with Crippen LogP contribution in [-0.2, 0) is 16.1 Å². The molecule has 0 radical (unpaired) electrons. The Kier molecular flexibility index (Phi) is 3.26. The van der Waals surface area contributed by atoms with Gasteiger partial charge in [0.15, 0.2) is 0 Å². The van der Waals surface area contributed by atoms with Crippen LogP contribution in [0.1, 0.15) is 12.6 Å². The number of benzene rings is 1. The Morgan fingerprint density at radius 3 is 2.85 bits per heavy atom. The van der Waals surface area contributed by atoms with Gasteiger partial charge in [-0.05, 0) is 24.4 Å². The van der Waals surface area contributed by atoms with Gasteiger partial charge in [-0.25, -0.2) is 0 Å². The summed E-state index contributed by atoms with van der Waals surface area (Å²) in [5.74, 6) is 0.0579. The summed E-state index contributed by atoms with van der Waals surface area (Å²) >= 11 is 0. The lowest BCUT2D eigenvalue weighted by molar-refractivity contribution is -0.127. The van der Waals surface area contributed by atoms with Gasteiger partial charge in [-0.1, -0.05) is 25.1 Å². The number of fused-ring (bicyclic) bond motifs is 1. The second-order valence-electron chi connectivity index (χ2n) is 6.01. The van der Waals surface area contributed by atoms with Crippen LogP contribution < -0.4 is 5.32 Å². The molecule has 3 rings (SSSR count). The predicted molar refractivity (Wildman–Crippen MR) is 78.6 cm³/mol. The van der Waals surface area contributed by atoms with Crippen molar-refractivity contribution in [2.24, 2.45) is 5.41 Å². The van der Waals surface area contributed by atoms with E-state index in [-0.39, 0.29) is 11.3 Å². The molecule has 1 aliphatic heterocycles. The van der Waals surface area contributed by atoms with E-state index in [1.807, 2.05) is 19.1 Å². The fourth-order valence-electron chi connectivity index (χ4n) is 2.62. The fourth-order valence-corrected chi connectivity index (χ4v) is 2.62. The number of nitrogens with one attached hydrogen (secondary N) is 1. The predicted octanol–water partition coefficient (Wildman–Crippen LogP) is 2.10. The lowest BCUT2D eigenvalue weighted by Gasteiger charge is -2.38. The quantitative estimate of drug-likeness (QED) is 0.926. The number of hydrogen-bond acceptors (Lipinski definition) is 2. The number of ether oxygens (including phenoxy) is 1. The molecule has 0 spiro atoms. The molecular weight excluding hydrogens is 252 g/mol. The van der Waals surface area contributed by atoms with Gasteiger partial charge in [-0.3, -0.25) is 4.79 Å². The molecule has 2 aromatic rings. The van der Waals surface area contributed by atoms with E-state index in [2.05, 4.69) is 35.0 Å². The van der Waals surface area contributed by atoms with E-state index in [9.17, 15) is 4.79 Å². The molecule has 1 fully saturated rings. The van der Waals surface area contributed by atoms with Crippen molar-refractivity contribution < 1.29 is 9.53 Å². The molecule has 0 unspecified atom stereocenters. The highest BCUT2D eigenvalue weighted by Crippen LogP contribution is 2.25. The minimum absolute atomic E-state index is 0.0579. The van der Waals surface area contributed by atoms with Crippen molar-refractivity contribution in [2.75, 3.05) is 19.8 Å². The number of carbonyl (C=O) groups is 1. The SMILES string of the molecule is Cc1cc2ccccc2n1CC(=O)NCC1(C)COC1. The number of carbonyl (C=O) groups excluding carboxylic acids is 1. The Hall–Kier alpha value is -1.81. The minimum Gasteiger partial charge on any atom is -0.380 e. The number of aromatic nitrogens is 1. The maximum Gasteiger partial charge on any atom is 0.239 e. The molecule has 0 saturated carbocycles. The van der Waals surface area contributed by atoms with E-state index in [1.54, 1.807) is 0 Å². The summed E-state index contributed by atoms with van der Waals surface area (Å²) in [4.78, 5) is 12.1. The first-order valence-corrected chi connectivity index (χ1v) is 6.97. The van der Waals surface area contributed by atoms with Gasteiger partial charge in [-0.2, -0.15) is 0 Å². The monoisotopic (exact) mass is 272 g/mol. The number of rotatable bonds is 4. The van der Waals surface area contributed by atoms with E-state index in [0.717, 1.165) is 24.4 Å². The molecule has 106 valence electrons. The van der Waals surface area contributed by atoms with E-state index >= 15 is 0 Å². The molecule has 4 heteroatoms. The van der Waals surface area contributed by atoms with Crippen molar-refractivity contribution in [2.45, 2.75) is 20.4 Å². The Morgan fingerprint density at radius 1 is 1.40 bits per heavy atom. The first-order valence-electron chi connectivity index (χ1n) is 6.97. The minimum atomic E-state index is 0.0579. The van der Waals surface area contributed by atoms with Crippen LogP contribution in [0.3, 0.4) is 0 Å². The van der Waals surface area contributed by atoms with Crippen molar-refractivity contribution in [3.8, 4) is 0 Å². The molecule has 1 aromatic heterocycles. The second-order valence-corrected chi connectivity index (χ2v) is 6.01. The molecule has 1 saturated heterocycles. The topological polar surface area (TPSA) is 43.3 Å². The summed E-state index contributed by atoms with van der Waals surface area (Å²) in [5.41, 5.74) is 2.33. The third-order valence-corrected chi connectivity index (χ3v) is 3.93. The van der Waals surface area contributed by atoms with Crippen molar-refractivity contribution in [3.63, 3.8) is 0 Å². The molecule has 2 heterocycles. The lowest BCUT2D eigenvalue weighted by Crippen LogP contribution is -2.49. The van der Waals surface area contributed by atoms with Crippen LogP contribution >= 0.6 is 0 Å². The van der Waals surface area contributed by atoms with Gasteiger partial charge in [0, 0.05) is 23.2 Å². The zero-order valence-corrected chi connectivity index (χ0v) is 12.0. The first-order chi connectivity index (χ1) is 9.57. The zero-order valence-electron chi connectivity index (χ0n) is 12.0. The Morgan fingerprint density at radius 2 is 2.15 bits per heavy atom. The highest BCUT2D eigenvalue weighted by Gasteiger charge is 2.33. The number of aryl methyl sites for hydroxylation is 1. The van der Waals surface area contributed by atoms with Crippen molar-refractivity contribution in [3.05, 3.63) is 36.0 Å². The van der Waals surface area contributed by atoms with Crippen LogP contribution in [0, 0.1) is 12.3 Å². The normalized spacial score (nSPS) is 16.9. The smallest absolute Gasteiger partial charge is 0.239 e. The Bertz CT molecular complexity index is 641. The number of nitrogens with zero attached hydrogens (tertiary/aromatic N) is 1. The zero-order chi connectivity index (χ0) is 14.2. The summed E-state index contributed by atoms with van der Waals surface area (Å²) in [7, 11) is 0. The molecule has 20 heavy (non-hydrogen) atoms. The van der Waals surface area contributed by atoms with Gasteiger partial charge >= 0.3 is 0 Å². The van der Waals surface area contributed by atoms with Crippen molar-refractivity contribution in [1.29, 1.82) is 0 Å². The molecule has 4 nitrogen and oxygen atoms in total. The third-order valence-electron chi connectivity index (χ3n) is 3.93. The highest BCUT2D eigenvalue weighted by molar-refractivity contribution is 5.84. The molecule has 0 aliphatic carbocycles. The molecule has 0 atom stereocenters. The van der Waals surface area contributed by atoms with E-state index in [1.165, 1.54) is 5.39 Å². The van der Waals surface area contributed by atoms with Gasteiger partial charge < -0.3 is 14.6 Å². The highest BCUT2D eigenvalue weighted by atomic mass is 16.5. The third kappa shape index (κ3) is 2.43. The summed E-state index contributed by atoms with van der Waals surface area (Å²) in [6.07, 6.45) is 0. The molecule has 1 aliphatic rings. The summed E-state index contributed by atoms with van der Waals surface area (Å²) in [6.45, 7) is 6.69. The van der Waals surface area contributed by atoms with Crippen molar-refractivity contribution in [1.82, 2.24) is 9.88 Å². The van der Waals surface area contributed by atoms with E-state index in [4.69, 9.17) is 4.74 Å². The molecule has 0 bridgehead atoms. The Labute approximate surface area is 118 Å². The van der Waals surface area contributed by atoms with Gasteiger partial charge in [-0.15, -0.1) is 0 Å². The lowest BCUT2D eigenvalue weighted by atomic mass is 9.89. The first kappa shape index (κ1) is 13.2. The van der Waals surface area contributed by atoms with E-state index < -0.39 is 0 Å². The molecule has 1 amide bonds. The maximum absolute atomic E-state index is 12.1. The molecule has 1 N–H and O–H groups in total. The van der Waals surface area contributed by atoms with Gasteiger partial charge in [0.05, 0.1) is 13.2 Å². The number of amides is 1. The summed E-state index contributed by atoms with van der Waals surface area (Å²) in [5, 5.41) is 4.19. The largest absolute Gasteiger partial charge is 0.380 e. The molecule has 1 aromatic carbocycles. The summed E-state index contributed by atoms with van der Waals surface area (Å²) < 4.78 is 7.26. The standard InChI is InChI=1S/C16H20N2O2/c1-12-7-13-5-3-4-6-14(13)18(12)8-15(19)17-9-16(2)10-20-11-16/h3-7H,8-11H2,1-2H3,(H,17,19). The second kappa shape index (κ2) is 4.94. The van der Waals surface area contributed by atoms with Crippen LogP contribution in [0.5, 0.6) is 0 Å². The van der Waals surface area contributed by atoms with E-state index in [0.29, 0.717) is 13.1 Å². The van der Waals surface area contributed by atoms with Crippen LogP contribution in [0.2, 0.25) is 0 Å². The van der Waals surface area contributed by atoms with Gasteiger partial charge in [0.2, 0.25) is 5.91 Å². The van der Waals surface area contributed by atoms with Crippen LogP contribution in [0.25, 0.3) is 10.9 Å². The fraction of sp³-hybridized carbons (Fsp3) is 0.438. The van der Waals surface area contributed by atoms with Crippen LogP contribution in [-0.4, -0.2) is 30.2 Å². The van der Waals surface area contributed by atoms with Crippen molar-refractivity contribution >= 4 is 16.8 Å². The molecular formula is C16H20N2O2. The Balaban J connectivity index is 1.69. The maximum atomic E-state index is 12.1. The van der Waals surface area contributed by atoms with Crippen LogP contribution in [0.4, 0.5) is 0 Å². The number of hydrogen-bond donors (Lipinski definition) is 1. The number of para-hydroxylation sites is 1. The van der Waals surface area contributed by atoms with Crippen LogP contribution in [0.15, 0.2) is 30.3 Å². The van der Waals surface area contributed by atoms with Gasteiger partial charge in [0.1, 0.15) is 6.54 Å². The average molecular weight is 272 g/mol. The average Bonchev–Trinajstić information content (AvgIpc) is 2.71. The van der Waals surface area contributed by atoms with Gasteiger partial charge in [0.25, 0.3) is 0 Å².